The van der Waals surface area contributed by atoms with Crippen LogP contribution in [0.2, 0.25) is 0 Å². The number of nitrogens with one attached hydrogen (secondary N) is 2. The van der Waals surface area contributed by atoms with Crippen molar-refractivity contribution in [2.24, 2.45) is 5.73 Å². The lowest BCUT2D eigenvalue weighted by atomic mass is 10.1. The largest absolute Gasteiger partial charge is 0.497 e. The standard InChI is InChI=1S/C19H23N3O3/c1-13-5-8-15(12-17(13)22-18(23)4-3-11-20)21-19(24)14-6-9-16(25-2)10-7-14/h5-10,12H,3-4,11,20H2,1-2H3,(H,21,24)(H,22,23). The van der Waals surface area contributed by atoms with Gasteiger partial charge < -0.3 is 21.1 Å². The lowest BCUT2D eigenvalue weighted by Crippen LogP contribution is -2.15. The molecule has 0 saturated heterocycles. The van der Waals surface area contributed by atoms with Crippen LogP contribution < -0.4 is 21.1 Å². The number of aryl methyl sites for hydroxylation is 1. The molecule has 25 heavy (non-hydrogen) atoms. The Bertz CT molecular complexity index is 742. The summed E-state index contributed by atoms with van der Waals surface area (Å²) in [4.78, 5) is 24.2. The molecule has 0 aliphatic carbocycles. The second-order valence-corrected chi connectivity index (χ2v) is 5.65. The van der Waals surface area contributed by atoms with Crippen LogP contribution in [0.4, 0.5) is 11.4 Å². The number of benzene rings is 2. The molecule has 0 saturated carbocycles. The van der Waals surface area contributed by atoms with Crippen LogP contribution in [0.15, 0.2) is 42.5 Å². The van der Waals surface area contributed by atoms with E-state index in [2.05, 4.69) is 10.6 Å². The fraction of sp³-hybridized carbons (Fsp3) is 0.263. The molecule has 0 radical (unpaired) electrons. The van der Waals surface area contributed by atoms with Gasteiger partial charge in [0, 0.05) is 23.4 Å². The molecule has 2 rings (SSSR count). The van der Waals surface area contributed by atoms with E-state index in [0.717, 1.165) is 5.56 Å². The molecule has 0 bridgehead atoms. The van der Waals surface area contributed by atoms with E-state index in [0.29, 0.717) is 42.1 Å². The smallest absolute Gasteiger partial charge is 0.255 e. The van der Waals surface area contributed by atoms with Crippen molar-refractivity contribution in [3.05, 3.63) is 53.6 Å². The quantitative estimate of drug-likeness (QED) is 0.722. The molecule has 0 aliphatic heterocycles. The Morgan fingerprint density at radius 3 is 2.44 bits per heavy atom. The molecule has 0 aromatic heterocycles. The van der Waals surface area contributed by atoms with Gasteiger partial charge in [0.1, 0.15) is 5.75 Å². The summed E-state index contributed by atoms with van der Waals surface area (Å²) in [5.74, 6) is 0.369. The number of ether oxygens (including phenoxy) is 1. The molecule has 6 heteroatoms. The van der Waals surface area contributed by atoms with Crippen LogP contribution in [0.3, 0.4) is 0 Å². The molecular formula is C19H23N3O3. The maximum absolute atomic E-state index is 12.3. The summed E-state index contributed by atoms with van der Waals surface area (Å²) in [6, 6.07) is 12.2. The molecule has 0 heterocycles. The van der Waals surface area contributed by atoms with Crippen molar-refractivity contribution in [2.45, 2.75) is 19.8 Å². The number of anilines is 2. The van der Waals surface area contributed by atoms with Crippen molar-refractivity contribution in [1.82, 2.24) is 0 Å². The first-order chi connectivity index (χ1) is 12.0. The molecule has 0 unspecified atom stereocenters. The number of nitrogens with two attached hydrogens (primary N) is 1. The maximum Gasteiger partial charge on any atom is 0.255 e. The monoisotopic (exact) mass is 341 g/mol. The van der Waals surface area contributed by atoms with Crippen LogP contribution in [0.5, 0.6) is 5.75 Å². The summed E-state index contributed by atoms with van der Waals surface area (Å²) in [6.45, 7) is 2.37. The zero-order chi connectivity index (χ0) is 18.2. The third-order valence-corrected chi connectivity index (χ3v) is 3.73. The highest BCUT2D eigenvalue weighted by atomic mass is 16.5. The number of methoxy groups -OCH3 is 1. The van der Waals surface area contributed by atoms with Crippen LogP contribution in [-0.2, 0) is 4.79 Å². The van der Waals surface area contributed by atoms with Crippen LogP contribution >= 0.6 is 0 Å². The number of rotatable bonds is 7. The van der Waals surface area contributed by atoms with E-state index < -0.39 is 0 Å². The number of carbonyl (C=O) groups excluding carboxylic acids is 2. The minimum absolute atomic E-state index is 0.0906. The minimum Gasteiger partial charge on any atom is -0.497 e. The van der Waals surface area contributed by atoms with E-state index in [1.165, 1.54) is 0 Å². The van der Waals surface area contributed by atoms with E-state index in [1.807, 2.05) is 13.0 Å². The zero-order valence-corrected chi connectivity index (χ0v) is 14.5. The number of hydrogen-bond donors (Lipinski definition) is 3. The Balaban J connectivity index is 2.07. The average Bonchev–Trinajstić information content (AvgIpc) is 2.62. The summed E-state index contributed by atoms with van der Waals surface area (Å²) < 4.78 is 5.08. The van der Waals surface area contributed by atoms with E-state index >= 15 is 0 Å². The van der Waals surface area contributed by atoms with E-state index in [9.17, 15) is 9.59 Å². The normalized spacial score (nSPS) is 10.2. The van der Waals surface area contributed by atoms with Crippen molar-refractivity contribution in [2.75, 3.05) is 24.3 Å². The second kappa shape index (κ2) is 8.84. The number of hydrogen-bond acceptors (Lipinski definition) is 4. The molecule has 0 fully saturated rings. The summed E-state index contributed by atoms with van der Waals surface area (Å²) in [5, 5.41) is 5.68. The summed E-state index contributed by atoms with van der Waals surface area (Å²) >= 11 is 0. The van der Waals surface area contributed by atoms with Gasteiger partial charge in [-0.15, -0.1) is 0 Å². The summed E-state index contributed by atoms with van der Waals surface area (Å²) in [7, 11) is 1.57. The van der Waals surface area contributed by atoms with Gasteiger partial charge in [-0.1, -0.05) is 6.07 Å². The van der Waals surface area contributed by atoms with E-state index in [1.54, 1.807) is 43.5 Å². The van der Waals surface area contributed by atoms with Crippen molar-refractivity contribution in [3.63, 3.8) is 0 Å². The Morgan fingerprint density at radius 2 is 1.80 bits per heavy atom. The van der Waals surface area contributed by atoms with E-state index in [-0.39, 0.29) is 11.8 Å². The fourth-order valence-electron chi connectivity index (χ4n) is 2.26. The van der Waals surface area contributed by atoms with Gasteiger partial charge in [0.15, 0.2) is 0 Å². The predicted molar refractivity (Wildman–Crippen MR) is 99.0 cm³/mol. The van der Waals surface area contributed by atoms with Gasteiger partial charge in [-0.25, -0.2) is 0 Å². The summed E-state index contributed by atoms with van der Waals surface area (Å²) in [6.07, 6.45) is 1.01. The van der Waals surface area contributed by atoms with Gasteiger partial charge in [-0.2, -0.15) is 0 Å². The maximum atomic E-state index is 12.3. The van der Waals surface area contributed by atoms with Crippen LogP contribution in [0.1, 0.15) is 28.8 Å². The van der Waals surface area contributed by atoms with Gasteiger partial charge in [0.2, 0.25) is 5.91 Å². The van der Waals surface area contributed by atoms with Gasteiger partial charge in [0.25, 0.3) is 5.91 Å². The number of amides is 2. The molecule has 2 aromatic rings. The molecule has 2 aromatic carbocycles. The van der Waals surface area contributed by atoms with Crippen LogP contribution in [0.25, 0.3) is 0 Å². The SMILES string of the molecule is COc1ccc(C(=O)Nc2ccc(C)c(NC(=O)CCCN)c2)cc1. The first kappa shape index (κ1) is 18.5. The van der Waals surface area contributed by atoms with E-state index in [4.69, 9.17) is 10.5 Å². The lowest BCUT2D eigenvalue weighted by Gasteiger charge is -2.12. The Kier molecular flexibility index (Phi) is 6.54. The highest BCUT2D eigenvalue weighted by Gasteiger charge is 2.09. The lowest BCUT2D eigenvalue weighted by molar-refractivity contribution is -0.116. The van der Waals surface area contributed by atoms with Crippen molar-refractivity contribution < 1.29 is 14.3 Å². The van der Waals surface area contributed by atoms with Crippen molar-refractivity contribution >= 4 is 23.2 Å². The first-order valence-electron chi connectivity index (χ1n) is 8.09. The van der Waals surface area contributed by atoms with Crippen molar-refractivity contribution in [3.8, 4) is 5.75 Å². The minimum atomic E-state index is -0.230. The van der Waals surface area contributed by atoms with Gasteiger partial charge >= 0.3 is 0 Å². The zero-order valence-electron chi connectivity index (χ0n) is 14.5. The topological polar surface area (TPSA) is 93.5 Å². The van der Waals surface area contributed by atoms with Gasteiger partial charge in [-0.3, -0.25) is 9.59 Å². The molecule has 4 N–H and O–H groups in total. The number of carbonyl (C=O) groups is 2. The Morgan fingerprint density at radius 1 is 1.08 bits per heavy atom. The van der Waals surface area contributed by atoms with Gasteiger partial charge in [0.05, 0.1) is 7.11 Å². The molecule has 0 atom stereocenters. The Hall–Kier alpha value is -2.86. The molecule has 132 valence electrons. The molecule has 6 nitrogen and oxygen atoms in total. The highest BCUT2D eigenvalue weighted by Crippen LogP contribution is 2.21. The fourth-order valence-corrected chi connectivity index (χ4v) is 2.26. The van der Waals surface area contributed by atoms with Crippen molar-refractivity contribution in [1.29, 1.82) is 0 Å². The highest BCUT2D eigenvalue weighted by molar-refractivity contribution is 6.04. The molecular weight excluding hydrogens is 318 g/mol. The van der Waals surface area contributed by atoms with Gasteiger partial charge in [-0.05, 0) is 61.9 Å². The molecule has 0 spiro atoms. The predicted octanol–water partition coefficient (Wildman–Crippen LogP) is 2.93. The molecule has 2 amide bonds. The average molecular weight is 341 g/mol. The van der Waals surface area contributed by atoms with Crippen LogP contribution in [-0.4, -0.2) is 25.5 Å². The second-order valence-electron chi connectivity index (χ2n) is 5.65. The Labute approximate surface area is 147 Å². The third kappa shape index (κ3) is 5.32. The third-order valence-electron chi connectivity index (χ3n) is 3.73. The van der Waals surface area contributed by atoms with Crippen LogP contribution in [0, 0.1) is 6.92 Å². The first-order valence-corrected chi connectivity index (χ1v) is 8.09. The molecule has 0 aliphatic rings. The summed E-state index contributed by atoms with van der Waals surface area (Å²) in [5.41, 5.74) is 8.15.